The predicted octanol–water partition coefficient (Wildman–Crippen LogP) is 4.94. The molecule has 2 aromatic rings. The number of nitrogens with zero attached hydrogens (tertiary/aromatic N) is 1. The Morgan fingerprint density at radius 2 is 1.93 bits per heavy atom. The summed E-state index contributed by atoms with van der Waals surface area (Å²) in [6.07, 6.45) is -7.60. The fourth-order valence-electron chi connectivity index (χ4n) is 2.91. The van der Waals surface area contributed by atoms with Gasteiger partial charge in [-0.3, -0.25) is 10.1 Å². The van der Waals surface area contributed by atoms with Gasteiger partial charge < -0.3 is 4.74 Å². The van der Waals surface area contributed by atoms with Gasteiger partial charge in [0.15, 0.2) is 6.10 Å². The average Bonchev–Trinajstić information content (AvgIpc) is 2.63. The van der Waals surface area contributed by atoms with Gasteiger partial charge in [0, 0.05) is 22.0 Å². The van der Waals surface area contributed by atoms with Crippen LogP contribution in [0.15, 0.2) is 58.0 Å². The van der Waals surface area contributed by atoms with Gasteiger partial charge in [0.1, 0.15) is 5.82 Å². The zero-order valence-corrected chi connectivity index (χ0v) is 16.1. The summed E-state index contributed by atoms with van der Waals surface area (Å²) in [5.41, 5.74) is -1.41. The summed E-state index contributed by atoms with van der Waals surface area (Å²) in [5, 5.41) is 2.25. The van der Waals surface area contributed by atoms with Gasteiger partial charge in [0.05, 0.1) is 5.54 Å². The molecule has 1 aliphatic rings. The molecule has 4 nitrogen and oxygen atoms in total. The number of ether oxygens (including phenoxy) is 1. The first-order valence-corrected chi connectivity index (χ1v) is 9.03. The van der Waals surface area contributed by atoms with Crippen LogP contribution in [-0.2, 0) is 10.3 Å². The Balaban J connectivity index is 2.00. The normalized spacial score (nSPS) is 22.2. The van der Waals surface area contributed by atoms with E-state index in [1.807, 2.05) is 0 Å². The molecule has 0 spiro atoms. The van der Waals surface area contributed by atoms with Crippen LogP contribution in [-0.4, -0.2) is 24.2 Å². The molecule has 0 saturated heterocycles. The van der Waals surface area contributed by atoms with Crippen molar-refractivity contribution in [3.8, 4) is 0 Å². The van der Waals surface area contributed by atoms with Crippen molar-refractivity contribution in [1.29, 1.82) is 0 Å². The van der Waals surface area contributed by atoms with E-state index in [-0.39, 0.29) is 11.1 Å². The number of carbonyl (C=O) groups is 1. The summed E-state index contributed by atoms with van der Waals surface area (Å²) in [5.74, 6) is -1.38. The molecule has 0 saturated carbocycles. The largest absolute Gasteiger partial charge is 0.452 e. The quantitative estimate of drug-likeness (QED) is 0.647. The Labute approximate surface area is 166 Å². The van der Waals surface area contributed by atoms with E-state index in [2.05, 4.69) is 26.2 Å². The first-order chi connectivity index (χ1) is 13.1. The van der Waals surface area contributed by atoms with Crippen molar-refractivity contribution in [1.82, 2.24) is 5.32 Å². The van der Waals surface area contributed by atoms with Crippen molar-refractivity contribution in [2.24, 2.45) is 4.99 Å². The highest BCUT2D eigenvalue weighted by Gasteiger charge is 2.50. The van der Waals surface area contributed by atoms with Crippen LogP contribution in [0.25, 0.3) is 0 Å². The fraction of sp³-hybridized carbons (Fsp3) is 0.263. The first-order valence-electron chi connectivity index (χ1n) is 8.24. The first kappa shape index (κ1) is 20.3. The van der Waals surface area contributed by atoms with Gasteiger partial charge in [-0.2, -0.15) is 13.2 Å². The summed E-state index contributed by atoms with van der Waals surface area (Å²) in [7, 11) is 0. The zero-order chi connectivity index (χ0) is 20.5. The van der Waals surface area contributed by atoms with E-state index < -0.39 is 42.0 Å². The van der Waals surface area contributed by atoms with Crippen LogP contribution in [0, 0.1) is 5.82 Å². The van der Waals surface area contributed by atoms with Crippen molar-refractivity contribution in [3.05, 3.63) is 69.9 Å². The Kier molecular flexibility index (Phi) is 5.47. The van der Waals surface area contributed by atoms with E-state index in [1.54, 1.807) is 18.2 Å². The van der Waals surface area contributed by atoms with Crippen molar-refractivity contribution >= 4 is 27.9 Å². The lowest BCUT2D eigenvalue weighted by atomic mass is 9.85. The summed E-state index contributed by atoms with van der Waals surface area (Å²) < 4.78 is 60.0. The molecule has 0 fully saturated rings. The highest BCUT2D eigenvalue weighted by Crippen LogP contribution is 2.41. The number of amidine groups is 1. The Hall–Kier alpha value is -2.42. The third-order valence-electron chi connectivity index (χ3n) is 4.32. The summed E-state index contributed by atoms with van der Waals surface area (Å²) in [6.45, 7) is 1.37. The number of hydrogen-bond donors (Lipinski definition) is 1. The lowest BCUT2D eigenvalue weighted by Gasteiger charge is -2.36. The molecule has 148 valence electrons. The van der Waals surface area contributed by atoms with E-state index >= 15 is 0 Å². The number of benzene rings is 2. The zero-order valence-electron chi connectivity index (χ0n) is 14.6. The average molecular weight is 459 g/mol. The van der Waals surface area contributed by atoms with Gasteiger partial charge in [-0.15, -0.1) is 0 Å². The smallest absolute Gasteiger partial charge is 0.425 e. The van der Waals surface area contributed by atoms with Gasteiger partial charge in [-0.25, -0.2) is 9.38 Å². The van der Waals surface area contributed by atoms with Crippen LogP contribution in [0.1, 0.15) is 29.3 Å². The van der Waals surface area contributed by atoms with Crippen molar-refractivity contribution in [3.63, 3.8) is 0 Å². The standard InChI is InChI=1S/C19H15BrF4N2O2/c1-18(13-9-12(20)7-8-14(13)21)10-15(19(22,23)24)28-17(26-18)25-16(27)11-5-3-2-4-6-11/h2-9,15H,10H2,1H3,(H,25,26,27)/t15-,18-/m1/s1. The number of halogens is 5. The second-order valence-electron chi connectivity index (χ2n) is 6.49. The lowest BCUT2D eigenvalue weighted by molar-refractivity contribution is -0.208. The SMILES string of the molecule is C[C@]1(c2cc(Br)ccc2F)C[C@H](C(F)(F)F)OC(NC(=O)c2ccccc2)=N1. The molecule has 1 N–H and O–H groups in total. The maximum Gasteiger partial charge on any atom is 0.425 e. The highest BCUT2D eigenvalue weighted by atomic mass is 79.9. The van der Waals surface area contributed by atoms with Crippen LogP contribution in [0.4, 0.5) is 17.6 Å². The Morgan fingerprint density at radius 3 is 2.57 bits per heavy atom. The van der Waals surface area contributed by atoms with E-state index in [1.165, 1.54) is 31.2 Å². The van der Waals surface area contributed by atoms with Gasteiger partial charge in [0.25, 0.3) is 11.9 Å². The van der Waals surface area contributed by atoms with Crippen molar-refractivity contribution in [2.45, 2.75) is 31.2 Å². The third-order valence-corrected chi connectivity index (χ3v) is 4.81. The molecule has 2 atom stereocenters. The summed E-state index contributed by atoms with van der Waals surface area (Å²) in [4.78, 5) is 16.4. The van der Waals surface area contributed by atoms with Crippen molar-refractivity contribution in [2.75, 3.05) is 0 Å². The summed E-state index contributed by atoms with van der Waals surface area (Å²) >= 11 is 3.19. The van der Waals surface area contributed by atoms with Crippen LogP contribution < -0.4 is 5.32 Å². The number of rotatable bonds is 2. The molecule has 28 heavy (non-hydrogen) atoms. The van der Waals surface area contributed by atoms with Gasteiger partial charge in [0.2, 0.25) is 0 Å². The molecule has 1 aliphatic heterocycles. The minimum atomic E-state index is -4.72. The number of hydrogen-bond acceptors (Lipinski definition) is 3. The Morgan fingerprint density at radius 1 is 1.25 bits per heavy atom. The number of nitrogens with one attached hydrogen (secondary N) is 1. The van der Waals surface area contributed by atoms with Crippen LogP contribution >= 0.6 is 15.9 Å². The summed E-state index contributed by atoms with van der Waals surface area (Å²) in [6, 6.07) is 11.2. The molecule has 2 aromatic carbocycles. The minimum Gasteiger partial charge on any atom is -0.452 e. The van der Waals surface area contributed by atoms with E-state index in [4.69, 9.17) is 4.74 Å². The van der Waals surface area contributed by atoms with E-state index in [0.717, 1.165) is 6.07 Å². The Bertz CT molecular complexity index is 918. The molecule has 9 heteroatoms. The molecular formula is C19H15BrF4N2O2. The topological polar surface area (TPSA) is 50.7 Å². The molecule has 3 rings (SSSR count). The monoisotopic (exact) mass is 458 g/mol. The lowest BCUT2D eigenvalue weighted by Crippen LogP contribution is -2.48. The second kappa shape index (κ2) is 7.54. The van der Waals surface area contributed by atoms with Crippen LogP contribution in [0.2, 0.25) is 0 Å². The highest BCUT2D eigenvalue weighted by molar-refractivity contribution is 9.10. The van der Waals surface area contributed by atoms with Gasteiger partial charge in [-0.1, -0.05) is 34.1 Å². The van der Waals surface area contributed by atoms with Crippen LogP contribution in [0.3, 0.4) is 0 Å². The third kappa shape index (κ3) is 4.35. The maximum atomic E-state index is 14.4. The molecular weight excluding hydrogens is 444 g/mol. The van der Waals surface area contributed by atoms with Crippen LogP contribution in [0.5, 0.6) is 0 Å². The molecule has 0 radical (unpaired) electrons. The molecule has 1 amide bonds. The van der Waals surface area contributed by atoms with Crippen molar-refractivity contribution < 1.29 is 27.1 Å². The number of alkyl halides is 3. The predicted molar refractivity (Wildman–Crippen MR) is 98.3 cm³/mol. The molecule has 0 bridgehead atoms. The molecule has 0 aliphatic carbocycles. The minimum absolute atomic E-state index is 0.0362. The maximum absolute atomic E-state index is 14.4. The molecule has 1 heterocycles. The number of carbonyl (C=O) groups excluding carboxylic acids is 1. The number of aliphatic imine (C=N–C) groups is 1. The van der Waals surface area contributed by atoms with Gasteiger partial charge in [-0.05, 0) is 37.3 Å². The second-order valence-corrected chi connectivity index (χ2v) is 7.40. The number of amides is 1. The molecule has 0 unspecified atom stereocenters. The van der Waals surface area contributed by atoms with E-state index in [9.17, 15) is 22.4 Å². The van der Waals surface area contributed by atoms with Gasteiger partial charge >= 0.3 is 6.18 Å². The molecule has 0 aromatic heterocycles. The van der Waals surface area contributed by atoms with E-state index in [0.29, 0.717) is 4.47 Å². The fourth-order valence-corrected chi connectivity index (χ4v) is 3.27.